The summed E-state index contributed by atoms with van der Waals surface area (Å²) >= 11 is 0. The molecule has 3 heterocycles. The van der Waals surface area contributed by atoms with E-state index in [9.17, 15) is 24.0 Å². The second kappa shape index (κ2) is 24.1. The van der Waals surface area contributed by atoms with Crippen molar-refractivity contribution in [3.8, 4) is 0 Å². The Labute approximate surface area is 286 Å². The third-order valence-corrected chi connectivity index (χ3v) is 7.42. The van der Waals surface area contributed by atoms with Crippen LogP contribution in [0.2, 0.25) is 0 Å². The van der Waals surface area contributed by atoms with Crippen molar-refractivity contribution >= 4 is 30.0 Å². The van der Waals surface area contributed by atoms with E-state index in [1.807, 2.05) is 40.7 Å². The number of nitrogens with one attached hydrogen (secondary N) is 2. The number of fused-ring (bicyclic) bond motifs is 1. The number of amides is 4. The molecule has 2 fully saturated rings. The van der Waals surface area contributed by atoms with Crippen molar-refractivity contribution in [3.05, 3.63) is 42.7 Å². The van der Waals surface area contributed by atoms with Gasteiger partial charge >= 0.3 is 18.2 Å². The molecular weight excluding hydrogens is 618 g/mol. The number of ether oxygens (including phenoxy) is 1. The number of alkyl carbamates (subject to hydrolysis) is 1. The van der Waals surface area contributed by atoms with Crippen LogP contribution in [0.15, 0.2) is 31.6 Å². The number of carbonyl (C=O) groups is 5. The first-order chi connectivity index (χ1) is 22.8. The SMILES string of the molecule is C1CCCCC1.C=C.CC.CCC(NC(=O)C1CCCN1C(=O)CNC(=O)OCC(C)(C)C)C(=O)O.O=C(O)N1Cc2ccncc2C1. The zero-order valence-corrected chi connectivity index (χ0v) is 29.9. The summed E-state index contributed by atoms with van der Waals surface area (Å²) in [5, 5.41) is 22.6. The normalized spacial score (nSPS) is 16.7. The zero-order chi connectivity index (χ0) is 36.7. The van der Waals surface area contributed by atoms with Crippen LogP contribution < -0.4 is 10.6 Å². The van der Waals surface area contributed by atoms with Crippen LogP contribution in [0.5, 0.6) is 0 Å². The Hall–Kier alpha value is -4.16. The Morgan fingerprint density at radius 2 is 1.54 bits per heavy atom. The van der Waals surface area contributed by atoms with Crippen molar-refractivity contribution in [1.29, 1.82) is 0 Å². The maximum atomic E-state index is 12.3. The molecule has 4 N–H and O–H groups in total. The van der Waals surface area contributed by atoms with Crippen molar-refractivity contribution in [2.24, 2.45) is 5.41 Å². The van der Waals surface area contributed by atoms with Gasteiger partial charge in [0.1, 0.15) is 18.6 Å². The Bertz CT molecular complexity index is 1100. The molecular formula is C35H59N5O8. The number of carbonyl (C=O) groups excluding carboxylic acids is 3. The molecule has 48 heavy (non-hydrogen) atoms. The molecule has 1 aromatic heterocycles. The van der Waals surface area contributed by atoms with Gasteiger partial charge in [0, 0.05) is 25.5 Å². The summed E-state index contributed by atoms with van der Waals surface area (Å²) in [7, 11) is 0. The van der Waals surface area contributed by atoms with Crippen molar-refractivity contribution in [1.82, 2.24) is 25.4 Å². The van der Waals surface area contributed by atoms with Gasteiger partial charge < -0.3 is 30.5 Å². The van der Waals surface area contributed by atoms with E-state index in [2.05, 4.69) is 28.8 Å². The average Bonchev–Trinajstić information content (AvgIpc) is 3.76. The fraction of sp³-hybridized carbons (Fsp3) is 0.657. The van der Waals surface area contributed by atoms with Crippen molar-refractivity contribution in [3.63, 3.8) is 0 Å². The summed E-state index contributed by atoms with van der Waals surface area (Å²) in [6.45, 7) is 18.7. The monoisotopic (exact) mass is 677 g/mol. The van der Waals surface area contributed by atoms with E-state index in [0.29, 0.717) is 32.5 Å². The van der Waals surface area contributed by atoms with Gasteiger partial charge in [-0.15, -0.1) is 13.2 Å². The van der Waals surface area contributed by atoms with Crippen LogP contribution in [0.4, 0.5) is 9.59 Å². The molecule has 1 saturated heterocycles. The van der Waals surface area contributed by atoms with Crippen molar-refractivity contribution < 1.29 is 38.9 Å². The molecule has 0 bridgehead atoms. The van der Waals surface area contributed by atoms with E-state index < -0.39 is 42.1 Å². The van der Waals surface area contributed by atoms with Crippen molar-refractivity contribution in [2.45, 2.75) is 125 Å². The molecule has 3 aliphatic rings. The first-order valence-electron chi connectivity index (χ1n) is 16.9. The van der Waals surface area contributed by atoms with Crippen LogP contribution >= 0.6 is 0 Å². The largest absolute Gasteiger partial charge is 0.480 e. The predicted molar refractivity (Wildman–Crippen MR) is 185 cm³/mol. The number of hydrogen-bond acceptors (Lipinski definition) is 7. The molecule has 1 aromatic rings. The van der Waals surface area contributed by atoms with Gasteiger partial charge in [0.2, 0.25) is 11.8 Å². The smallest absolute Gasteiger partial charge is 0.407 e. The van der Waals surface area contributed by atoms with Crippen LogP contribution in [-0.2, 0) is 32.2 Å². The number of aliphatic carboxylic acids is 1. The van der Waals surface area contributed by atoms with Gasteiger partial charge in [-0.3, -0.25) is 19.5 Å². The van der Waals surface area contributed by atoms with E-state index in [0.717, 1.165) is 11.1 Å². The van der Waals surface area contributed by atoms with Gasteiger partial charge in [0.25, 0.3) is 0 Å². The second-order valence-corrected chi connectivity index (χ2v) is 12.4. The lowest BCUT2D eigenvalue weighted by Gasteiger charge is -2.25. The number of carboxylic acids is 1. The first-order valence-corrected chi connectivity index (χ1v) is 16.9. The van der Waals surface area contributed by atoms with Crippen LogP contribution in [0.3, 0.4) is 0 Å². The fourth-order valence-corrected chi connectivity index (χ4v) is 4.94. The van der Waals surface area contributed by atoms with E-state index in [-0.39, 0.29) is 25.0 Å². The maximum Gasteiger partial charge on any atom is 0.407 e. The van der Waals surface area contributed by atoms with Gasteiger partial charge in [-0.1, -0.05) is 80.1 Å². The van der Waals surface area contributed by atoms with Crippen LogP contribution in [0.25, 0.3) is 0 Å². The molecule has 4 rings (SSSR count). The molecule has 1 aliphatic carbocycles. The quantitative estimate of drug-likeness (QED) is 0.253. The average molecular weight is 678 g/mol. The van der Waals surface area contributed by atoms with Crippen LogP contribution in [0, 0.1) is 5.41 Å². The number of aromatic nitrogens is 1. The highest BCUT2D eigenvalue weighted by Crippen LogP contribution is 2.21. The fourth-order valence-electron chi connectivity index (χ4n) is 4.94. The molecule has 0 radical (unpaired) electrons. The molecule has 272 valence electrons. The lowest BCUT2D eigenvalue weighted by molar-refractivity contribution is -0.143. The zero-order valence-electron chi connectivity index (χ0n) is 29.9. The molecule has 2 atom stereocenters. The van der Waals surface area contributed by atoms with E-state index in [4.69, 9.17) is 14.9 Å². The number of likely N-dealkylation sites (tertiary alicyclic amines) is 1. The maximum absolute atomic E-state index is 12.3. The standard InChI is InChI=1S/C17H29N3O6.C8H8N2O2.C6H12.C2H6.C2H4/c1-5-11(15(23)24)19-14(22)12-7-6-8-20(12)13(21)9-18-16(25)26-10-17(2,3)4;11-8(12)10-4-6-1-2-9-3-7(6)5-10;1-2-4-6-5-3-1;2*1-2/h11-12H,5-10H2,1-4H3,(H,18,25)(H,19,22)(H,23,24);1-3H,4-5H2,(H,11,12);1-6H2;1-2H3;1-2H2. The molecule has 0 spiro atoms. The Morgan fingerprint density at radius 1 is 0.979 bits per heavy atom. The molecule has 2 unspecified atom stereocenters. The summed E-state index contributed by atoms with van der Waals surface area (Å²) in [5.74, 6) is -2.00. The lowest BCUT2D eigenvalue weighted by atomic mass is 9.99. The molecule has 0 aromatic carbocycles. The highest BCUT2D eigenvalue weighted by molar-refractivity contribution is 5.92. The lowest BCUT2D eigenvalue weighted by Crippen LogP contribution is -2.52. The van der Waals surface area contributed by atoms with Crippen LogP contribution in [-0.4, -0.2) is 86.7 Å². The third kappa shape index (κ3) is 17.1. The molecule has 13 nitrogen and oxygen atoms in total. The highest BCUT2D eigenvalue weighted by Gasteiger charge is 2.35. The summed E-state index contributed by atoms with van der Waals surface area (Å²) in [6, 6.07) is 0.159. The van der Waals surface area contributed by atoms with E-state index in [1.54, 1.807) is 19.3 Å². The van der Waals surface area contributed by atoms with Gasteiger partial charge in [0.05, 0.1) is 13.2 Å². The minimum Gasteiger partial charge on any atom is -0.480 e. The molecule has 2 aliphatic heterocycles. The van der Waals surface area contributed by atoms with Gasteiger partial charge in [-0.2, -0.15) is 0 Å². The summed E-state index contributed by atoms with van der Waals surface area (Å²) in [4.78, 5) is 64.5. The van der Waals surface area contributed by atoms with Gasteiger partial charge in [0.15, 0.2) is 0 Å². The topological polar surface area (TPSA) is 178 Å². The summed E-state index contributed by atoms with van der Waals surface area (Å²) < 4.78 is 5.02. The van der Waals surface area contributed by atoms with Gasteiger partial charge in [-0.05, 0) is 41.9 Å². The van der Waals surface area contributed by atoms with E-state index in [1.165, 1.54) is 48.3 Å². The van der Waals surface area contributed by atoms with Gasteiger partial charge in [-0.25, -0.2) is 14.4 Å². The predicted octanol–water partition coefficient (Wildman–Crippen LogP) is 5.97. The highest BCUT2D eigenvalue weighted by atomic mass is 16.5. The van der Waals surface area contributed by atoms with Crippen LogP contribution in [0.1, 0.15) is 110 Å². The summed E-state index contributed by atoms with van der Waals surface area (Å²) in [6.07, 6.45) is 12.2. The Balaban J connectivity index is 0.000000813. The number of hydrogen-bond donors (Lipinski definition) is 4. The second-order valence-electron chi connectivity index (χ2n) is 12.4. The van der Waals surface area contributed by atoms with E-state index >= 15 is 0 Å². The number of pyridine rings is 1. The first kappa shape index (κ1) is 43.8. The Kier molecular flexibility index (Phi) is 22.0. The number of carboxylic acid groups (broad SMARTS) is 2. The third-order valence-electron chi connectivity index (χ3n) is 7.42. The molecule has 13 heteroatoms. The summed E-state index contributed by atoms with van der Waals surface area (Å²) in [5.41, 5.74) is 1.90. The van der Waals surface area contributed by atoms with Crippen molar-refractivity contribution in [2.75, 3.05) is 19.7 Å². The number of rotatable bonds is 7. The minimum absolute atomic E-state index is 0.181. The number of nitrogens with zero attached hydrogens (tertiary/aromatic N) is 3. The minimum atomic E-state index is -1.11. The molecule has 4 amide bonds. The molecule has 1 saturated carbocycles. The Morgan fingerprint density at radius 3 is 2.02 bits per heavy atom.